The van der Waals surface area contributed by atoms with Crippen LogP contribution in [0.25, 0.3) is 0 Å². The number of nitrogens with one attached hydrogen (secondary N) is 5. The van der Waals surface area contributed by atoms with E-state index in [0.29, 0.717) is 24.8 Å². The van der Waals surface area contributed by atoms with Crippen LogP contribution in [-0.4, -0.2) is 124 Å². The van der Waals surface area contributed by atoms with E-state index >= 15 is 0 Å². The second-order valence-electron chi connectivity index (χ2n) is 17.6. The highest BCUT2D eigenvalue weighted by molar-refractivity contribution is 5.98. The highest BCUT2D eigenvalue weighted by atomic mass is 16.5. The summed E-state index contributed by atoms with van der Waals surface area (Å²) in [6, 6.07) is 0.0613. The molecule has 0 spiro atoms. The van der Waals surface area contributed by atoms with Gasteiger partial charge in [0.15, 0.2) is 0 Å². The first kappa shape index (κ1) is 51.3. The van der Waals surface area contributed by atoms with Gasteiger partial charge in [0.05, 0.1) is 0 Å². The monoisotopic (exact) mass is 870 g/mol. The molecule has 2 saturated heterocycles. The van der Waals surface area contributed by atoms with Crippen molar-refractivity contribution in [1.29, 1.82) is 0 Å². The van der Waals surface area contributed by atoms with Gasteiger partial charge in [-0.3, -0.25) is 33.6 Å². The molecule has 1 aromatic carbocycles. The normalized spacial score (nSPS) is 27.5. The van der Waals surface area contributed by atoms with E-state index in [0.717, 1.165) is 4.90 Å². The predicted molar refractivity (Wildman–Crippen MR) is 231 cm³/mol. The van der Waals surface area contributed by atoms with E-state index in [1.54, 1.807) is 71.9 Å². The molecule has 11 atom stereocenters. The molecule has 6 N–H and O–H groups in total. The van der Waals surface area contributed by atoms with Gasteiger partial charge < -0.3 is 46.2 Å². The SMILES string of the molecule is CCCC(=O)NC(C(=O)NC1C(=O)NC(C(C)CC)C(=O)NC2CCC(O)N(C2=O)C(C(C)CC)C(=O)N(C)C(Cc2ccccc2)C(=O)NC(C(C)C)C(=O)OC1C)C(C)C. The zero-order chi connectivity index (χ0) is 46.6. The summed E-state index contributed by atoms with van der Waals surface area (Å²) in [7, 11) is 1.44. The van der Waals surface area contributed by atoms with E-state index in [9.17, 15) is 43.5 Å². The summed E-state index contributed by atoms with van der Waals surface area (Å²) in [6.45, 7) is 17.1. The topological polar surface area (TPSA) is 233 Å². The number of benzene rings is 1. The third kappa shape index (κ3) is 13.0. The van der Waals surface area contributed by atoms with Gasteiger partial charge in [-0.15, -0.1) is 0 Å². The van der Waals surface area contributed by atoms with Crippen LogP contribution in [0.1, 0.15) is 113 Å². The van der Waals surface area contributed by atoms with Crippen molar-refractivity contribution in [2.45, 2.75) is 169 Å². The molecule has 2 bridgehead atoms. The Morgan fingerprint density at radius 1 is 0.823 bits per heavy atom. The molecule has 1 aromatic rings. The van der Waals surface area contributed by atoms with E-state index in [4.69, 9.17) is 4.74 Å². The number of carbonyl (C=O) groups is 8. The van der Waals surface area contributed by atoms with E-state index in [1.807, 2.05) is 20.8 Å². The molecule has 0 aromatic heterocycles. The first-order valence-electron chi connectivity index (χ1n) is 22.2. The molecule has 17 nitrogen and oxygen atoms in total. The minimum absolute atomic E-state index is 0.0157. The maximum Gasteiger partial charge on any atom is 0.329 e. The van der Waals surface area contributed by atoms with Gasteiger partial charge in [-0.2, -0.15) is 0 Å². The van der Waals surface area contributed by atoms with Crippen LogP contribution in [0.5, 0.6) is 0 Å². The fraction of sp³-hybridized carbons (Fsp3) is 0.689. The molecule has 2 aliphatic heterocycles. The molecule has 2 aliphatic rings. The smallest absolute Gasteiger partial charge is 0.329 e. The average Bonchev–Trinajstić information content (AvgIpc) is 3.22. The van der Waals surface area contributed by atoms with Gasteiger partial charge >= 0.3 is 5.97 Å². The number of nitrogens with zero attached hydrogens (tertiary/aromatic N) is 2. The summed E-state index contributed by atoms with van der Waals surface area (Å²) < 4.78 is 5.90. The number of rotatable bonds is 13. The fourth-order valence-electron chi connectivity index (χ4n) is 7.75. The zero-order valence-electron chi connectivity index (χ0n) is 38.4. The van der Waals surface area contributed by atoms with Crippen LogP contribution in [0.2, 0.25) is 0 Å². The number of hydrogen-bond acceptors (Lipinski definition) is 10. The summed E-state index contributed by atoms with van der Waals surface area (Å²) in [5.74, 6) is -7.69. The van der Waals surface area contributed by atoms with Gasteiger partial charge in [0, 0.05) is 19.9 Å². The van der Waals surface area contributed by atoms with Gasteiger partial charge in [0.1, 0.15) is 54.6 Å². The highest BCUT2D eigenvalue weighted by Crippen LogP contribution is 2.28. The minimum atomic E-state index is -1.60. The van der Waals surface area contributed by atoms with Crippen molar-refractivity contribution < 1.29 is 48.2 Å². The summed E-state index contributed by atoms with van der Waals surface area (Å²) in [6.07, 6.45) is -1.20. The summed E-state index contributed by atoms with van der Waals surface area (Å²) in [5.41, 5.74) is 0.700. The number of aliphatic hydroxyl groups is 1. The molecule has 11 unspecified atom stereocenters. The van der Waals surface area contributed by atoms with E-state index in [2.05, 4.69) is 26.6 Å². The van der Waals surface area contributed by atoms with E-state index in [-0.39, 0.29) is 31.6 Å². The molecule has 62 heavy (non-hydrogen) atoms. The fourth-order valence-corrected chi connectivity index (χ4v) is 7.75. The standard InChI is InChI=1S/C45H71N7O10/c1-12-18-32(53)47-34(24(4)5)40(56)50-37-28(10)62-45(61)35(25(6)7)48-39(55)31(23-29-19-16-15-17-20-29)51(11)44(60)38(27(9)14-3)52-33(54)22-21-30(43(52)59)46-41(57)36(26(8)13-2)49-42(37)58/h15-17,19-20,24-28,30-31,33-38,54H,12-14,18,21-23H2,1-11H3,(H,46,57)(H,47,53)(H,48,55)(H,49,58)(H,50,56). The van der Waals surface area contributed by atoms with E-state index in [1.165, 1.54) is 18.9 Å². The molecular formula is C45H71N7O10. The van der Waals surface area contributed by atoms with Gasteiger partial charge in [-0.05, 0) is 55.4 Å². The Labute approximate surface area is 366 Å². The Hall–Kier alpha value is -5.06. The summed E-state index contributed by atoms with van der Waals surface area (Å²) in [4.78, 5) is 115. The van der Waals surface area contributed by atoms with Crippen LogP contribution in [0.15, 0.2) is 30.3 Å². The largest absolute Gasteiger partial charge is 0.458 e. The Balaban J connectivity index is 2.24. The molecule has 17 heteroatoms. The van der Waals surface area contributed by atoms with Crippen LogP contribution in [0.3, 0.4) is 0 Å². The lowest BCUT2D eigenvalue weighted by molar-refractivity contribution is -0.168. The lowest BCUT2D eigenvalue weighted by Gasteiger charge is -2.44. The van der Waals surface area contributed by atoms with Crippen LogP contribution < -0.4 is 26.6 Å². The zero-order valence-corrected chi connectivity index (χ0v) is 38.4. The number of piperidine rings is 1. The number of amides is 7. The van der Waals surface area contributed by atoms with Crippen molar-refractivity contribution in [2.75, 3.05) is 7.05 Å². The Bertz CT molecular complexity index is 1740. The molecular weight excluding hydrogens is 799 g/mol. The summed E-state index contributed by atoms with van der Waals surface area (Å²) in [5, 5.41) is 25.1. The van der Waals surface area contributed by atoms with Crippen molar-refractivity contribution >= 4 is 47.3 Å². The minimum Gasteiger partial charge on any atom is -0.458 e. The lowest BCUT2D eigenvalue weighted by atomic mass is 9.90. The predicted octanol–water partition coefficient (Wildman–Crippen LogP) is 1.94. The van der Waals surface area contributed by atoms with Crippen molar-refractivity contribution in [1.82, 2.24) is 36.4 Å². The molecule has 3 rings (SSSR count). The van der Waals surface area contributed by atoms with Crippen molar-refractivity contribution in [2.24, 2.45) is 23.7 Å². The quantitative estimate of drug-likeness (QED) is 0.158. The second kappa shape index (κ2) is 23.4. The second-order valence-corrected chi connectivity index (χ2v) is 17.6. The third-order valence-corrected chi connectivity index (χ3v) is 12.1. The molecule has 2 heterocycles. The first-order chi connectivity index (χ1) is 29.2. The van der Waals surface area contributed by atoms with Gasteiger partial charge in [0.25, 0.3) is 0 Å². The lowest BCUT2D eigenvalue weighted by Crippen LogP contribution is -2.66. The highest BCUT2D eigenvalue weighted by Gasteiger charge is 2.47. The molecule has 346 valence electrons. The van der Waals surface area contributed by atoms with Crippen LogP contribution in [0, 0.1) is 23.7 Å². The number of cyclic esters (lactones) is 1. The number of carbonyl (C=O) groups excluding carboxylic acids is 8. The van der Waals surface area contributed by atoms with Gasteiger partial charge in [-0.1, -0.05) is 105 Å². The maximum absolute atomic E-state index is 14.8. The third-order valence-electron chi connectivity index (χ3n) is 12.1. The Kier molecular flexibility index (Phi) is 19.4. The number of aliphatic hydroxyl groups excluding tert-OH is 1. The molecule has 0 aliphatic carbocycles. The van der Waals surface area contributed by atoms with Gasteiger partial charge in [-0.25, -0.2) is 4.79 Å². The number of ether oxygens (including phenoxy) is 1. The maximum atomic E-state index is 14.8. The molecule has 7 amide bonds. The summed E-state index contributed by atoms with van der Waals surface area (Å²) >= 11 is 0. The van der Waals surface area contributed by atoms with Crippen LogP contribution in [0.4, 0.5) is 0 Å². The Morgan fingerprint density at radius 3 is 2.00 bits per heavy atom. The van der Waals surface area contributed by atoms with Crippen LogP contribution in [-0.2, 0) is 49.5 Å². The number of likely N-dealkylation sites (N-methyl/N-ethyl adjacent to an activating group) is 1. The number of fused-ring (bicyclic) bond motifs is 2. The van der Waals surface area contributed by atoms with Crippen LogP contribution >= 0.6 is 0 Å². The van der Waals surface area contributed by atoms with Crippen molar-refractivity contribution in [3.05, 3.63) is 35.9 Å². The average molecular weight is 870 g/mol. The van der Waals surface area contributed by atoms with E-state index < -0.39 is 120 Å². The van der Waals surface area contributed by atoms with Gasteiger partial charge in [0.2, 0.25) is 41.4 Å². The van der Waals surface area contributed by atoms with Crippen molar-refractivity contribution in [3.8, 4) is 0 Å². The number of hydrogen-bond donors (Lipinski definition) is 6. The molecule has 2 fully saturated rings. The molecule has 0 radical (unpaired) electrons. The Morgan fingerprint density at radius 2 is 1.44 bits per heavy atom. The number of esters is 1. The van der Waals surface area contributed by atoms with Crippen molar-refractivity contribution in [3.63, 3.8) is 0 Å². The first-order valence-corrected chi connectivity index (χ1v) is 22.2. The molecule has 0 saturated carbocycles.